The molecule has 0 saturated carbocycles. The van der Waals surface area contributed by atoms with Crippen molar-refractivity contribution in [2.45, 2.75) is 53.5 Å². The van der Waals surface area contributed by atoms with E-state index >= 15 is 0 Å². The van der Waals surface area contributed by atoms with Crippen LogP contribution in [0.3, 0.4) is 0 Å². The minimum Gasteiger partial charge on any atom is -0.366 e. The Bertz CT molecular complexity index is 859. The highest BCUT2D eigenvalue weighted by molar-refractivity contribution is 5.77. The molecule has 0 aromatic carbocycles. The third-order valence-electron chi connectivity index (χ3n) is 3.40. The molecular weight excluding hydrogens is 374 g/mol. The van der Waals surface area contributed by atoms with Crippen LogP contribution in [-0.4, -0.2) is 19.9 Å². The van der Waals surface area contributed by atoms with Crippen LogP contribution in [0.2, 0.25) is 0 Å². The van der Waals surface area contributed by atoms with Crippen LogP contribution in [0.1, 0.15) is 57.7 Å². The highest BCUT2D eigenvalue weighted by Crippen LogP contribution is 2.30. The molecule has 0 saturated heterocycles. The molecule has 5 nitrogen and oxygen atoms in total. The van der Waals surface area contributed by atoms with Gasteiger partial charge < -0.3 is 10.3 Å². The van der Waals surface area contributed by atoms with Crippen LogP contribution >= 0.6 is 0 Å². The molecule has 28 heavy (non-hydrogen) atoms. The summed E-state index contributed by atoms with van der Waals surface area (Å²) in [6.07, 6.45) is -2.95. The van der Waals surface area contributed by atoms with Gasteiger partial charge in [-0.3, -0.25) is 0 Å². The summed E-state index contributed by atoms with van der Waals surface area (Å²) >= 11 is 0. The van der Waals surface area contributed by atoms with Crippen molar-refractivity contribution in [3.8, 4) is 0 Å². The number of H-pyrrole nitrogens is 1. The highest BCUT2D eigenvalue weighted by atomic mass is 19.4. The zero-order chi connectivity index (χ0) is 21.3. The maximum absolute atomic E-state index is 13.2. The lowest BCUT2D eigenvalue weighted by Gasteiger charge is -2.07. The van der Waals surface area contributed by atoms with Gasteiger partial charge in [0.25, 0.3) is 0 Å². The van der Waals surface area contributed by atoms with Crippen molar-refractivity contribution < 1.29 is 17.6 Å². The lowest BCUT2D eigenvalue weighted by molar-refractivity contribution is -0.140. The number of nitrogens with one attached hydrogen (secondary N) is 2. The van der Waals surface area contributed by atoms with Gasteiger partial charge in [0.15, 0.2) is 0 Å². The Morgan fingerprint density at radius 3 is 2.32 bits per heavy atom. The zero-order valence-electron chi connectivity index (χ0n) is 16.5. The van der Waals surface area contributed by atoms with Crippen molar-refractivity contribution in [3.05, 3.63) is 47.7 Å². The summed E-state index contributed by atoms with van der Waals surface area (Å²) in [5, 5.41) is 3.33. The number of anilines is 1. The zero-order valence-corrected chi connectivity index (χ0v) is 16.5. The molecule has 0 amide bonds. The van der Waals surface area contributed by atoms with Crippen molar-refractivity contribution in [2.24, 2.45) is 0 Å². The number of halogens is 4. The minimum atomic E-state index is -4.44. The predicted octanol–water partition coefficient (Wildman–Crippen LogP) is 6.07. The van der Waals surface area contributed by atoms with Crippen LogP contribution in [0.5, 0.6) is 0 Å². The number of nitrogens with zero attached hydrogens (tertiary/aromatic N) is 3. The normalized spacial score (nSPS) is 11.8. The molecule has 0 fully saturated rings. The maximum Gasteiger partial charge on any atom is 0.431 e. The first-order valence-electron chi connectivity index (χ1n) is 9.07. The second kappa shape index (κ2) is 10.6. The molecule has 0 bridgehead atoms. The molecule has 0 aliphatic rings. The summed E-state index contributed by atoms with van der Waals surface area (Å²) < 4.78 is 51.3. The van der Waals surface area contributed by atoms with Crippen LogP contribution in [0, 0.1) is 0 Å². The molecule has 3 rings (SSSR count). The van der Waals surface area contributed by atoms with E-state index in [4.69, 9.17) is 0 Å². The Morgan fingerprint density at radius 2 is 1.71 bits per heavy atom. The van der Waals surface area contributed by atoms with Crippen molar-refractivity contribution in [1.82, 2.24) is 19.9 Å². The predicted molar refractivity (Wildman–Crippen MR) is 103 cm³/mol. The monoisotopic (exact) mass is 399 g/mol. The molecule has 1 atom stereocenters. The molecule has 3 aromatic rings. The smallest absolute Gasteiger partial charge is 0.366 e. The van der Waals surface area contributed by atoms with Crippen LogP contribution in [0.4, 0.5) is 23.4 Å². The van der Waals surface area contributed by atoms with E-state index in [2.05, 4.69) is 25.3 Å². The van der Waals surface area contributed by atoms with E-state index in [-0.39, 0.29) is 17.9 Å². The Morgan fingerprint density at radius 1 is 1.04 bits per heavy atom. The van der Waals surface area contributed by atoms with Gasteiger partial charge in [-0.05, 0) is 24.6 Å². The van der Waals surface area contributed by atoms with Gasteiger partial charge in [-0.15, -0.1) is 0 Å². The van der Waals surface area contributed by atoms with Gasteiger partial charge in [0, 0.05) is 24.2 Å². The highest BCUT2D eigenvalue weighted by Gasteiger charge is 2.32. The standard InChI is InChI=1S/C15H13F4N5.2C2H6/c1-8(16)11-4-13(23-7-22-11)20-5-9-2-10-3-12(15(17,18)19)24-14(10)21-6-9;2*1-2/h2-4,6-8H,5H2,1H3,(H,21,24)(H,20,22,23);2*1-2H3. The Hall–Kier alpha value is -2.71. The van der Waals surface area contributed by atoms with E-state index in [0.29, 0.717) is 16.8 Å². The summed E-state index contributed by atoms with van der Waals surface area (Å²) in [7, 11) is 0. The lowest BCUT2D eigenvalue weighted by Crippen LogP contribution is -2.04. The second-order valence-electron chi connectivity index (χ2n) is 5.26. The van der Waals surface area contributed by atoms with Crippen molar-refractivity contribution in [3.63, 3.8) is 0 Å². The van der Waals surface area contributed by atoms with Crippen molar-refractivity contribution >= 4 is 16.9 Å². The number of hydrogen-bond acceptors (Lipinski definition) is 4. The quantitative estimate of drug-likeness (QED) is 0.523. The van der Waals surface area contributed by atoms with Gasteiger partial charge in [0.2, 0.25) is 0 Å². The van der Waals surface area contributed by atoms with E-state index in [1.165, 1.54) is 25.5 Å². The van der Waals surface area contributed by atoms with Crippen molar-refractivity contribution in [1.29, 1.82) is 0 Å². The van der Waals surface area contributed by atoms with Gasteiger partial charge in [-0.1, -0.05) is 27.7 Å². The third-order valence-corrected chi connectivity index (χ3v) is 3.40. The van der Waals surface area contributed by atoms with E-state index in [9.17, 15) is 17.6 Å². The Balaban J connectivity index is 0.000000921. The van der Waals surface area contributed by atoms with Gasteiger partial charge in [-0.2, -0.15) is 13.2 Å². The van der Waals surface area contributed by atoms with E-state index in [0.717, 1.165) is 6.07 Å². The number of alkyl halides is 4. The van der Waals surface area contributed by atoms with Crippen molar-refractivity contribution in [2.75, 3.05) is 5.32 Å². The summed E-state index contributed by atoms with van der Waals surface area (Å²) in [6, 6.07) is 4.09. The van der Waals surface area contributed by atoms with Crippen LogP contribution in [0.15, 0.2) is 30.7 Å². The molecule has 3 aromatic heterocycles. The third kappa shape index (κ3) is 6.17. The first kappa shape index (κ1) is 23.3. The fraction of sp³-hybridized carbons (Fsp3) is 0.421. The SMILES string of the molecule is CC.CC.CC(F)c1cc(NCc2cnc3[nH]c(C(F)(F)F)cc3c2)ncn1. The molecule has 1 unspecified atom stereocenters. The van der Waals surface area contributed by atoms with Gasteiger partial charge >= 0.3 is 6.18 Å². The lowest BCUT2D eigenvalue weighted by atomic mass is 10.2. The number of aromatic nitrogens is 4. The molecular formula is C19H25F4N5. The topological polar surface area (TPSA) is 66.5 Å². The minimum absolute atomic E-state index is 0.168. The van der Waals surface area contributed by atoms with Crippen LogP contribution in [0.25, 0.3) is 11.0 Å². The number of hydrogen-bond donors (Lipinski definition) is 2. The number of aromatic amines is 1. The number of fused-ring (bicyclic) bond motifs is 1. The number of pyridine rings is 1. The molecule has 154 valence electrons. The van der Waals surface area contributed by atoms with E-state index < -0.39 is 18.0 Å². The Kier molecular flexibility index (Phi) is 8.81. The molecule has 9 heteroatoms. The first-order chi connectivity index (χ1) is 13.3. The first-order valence-corrected chi connectivity index (χ1v) is 9.07. The second-order valence-corrected chi connectivity index (χ2v) is 5.26. The molecule has 2 N–H and O–H groups in total. The largest absolute Gasteiger partial charge is 0.431 e. The fourth-order valence-corrected chi connectivity index (χ4v) is 2.19. The fourth-order valence-electron chi connectivity index (χ4n) is 2.19. The molecule has 3 heterocycles. The van der Waals surface area contributed by atoms with E-state index in [1.807, 2.05) is 27.7 Å². The summed E-state index contributed by atoms with van der Waals surface area (Å²) in [6.45, 7) is 9.65. The summed E-state index contributed by atoms with van der Waals surface area (Å²) in [5.41, 5.74) is 0.249. The maximum atomic E-state index is 13.2. The van der Waals surface area contributed by atoms with Gasteiger partial charge in [-0.25, -0.2) is 19.3 Å². The average molecular weight is 399 g/mol. The van der Waals surface area contributed by atoms with E-state index in [1.54, 1.807) is 6.07 Å². The van der Waals surface area contributed by atoms with Crippen LogP contribution in [-0.2, 0) is 12.7 Å². The molecule has 0 radical (unpaired) electrons. The average Bonchev–Trinajstić information content (AvgIpc) is 3.14. The summed E-state index contributed by atoms with van der Waals surface area (Å²) in [5.74, 6) is 0.426. The Labute approximate surface area is 161 Å². The van der Waals surface area contributed by atoms with Gasteiger partial charge in [0.05, 0.1) is 5.69 Å². The molecule has 0 spiro atoms. The summed E-state index contributed by atoms with van der Waals surface area (Å²) in [4.78, 5) is 14.0. The van der Waals surface area contributed by atoms with Crippen LogP contribution < -0.4 is 5.32 Å². The molecule has 0 aliphatic carbocycles. The number of rotatable bonds is 4. The van der Waals surface area contributed by atoms with Gasteiger partial charge in [0.1, 0.15) is 29.7 Å². The molecule has 0 aliphatic heterocycles.